The van der Waals surface area contributed by atoms with Crippen LogP contribution < -0.4 is 10.1 Å². The summed E-state index contributed by atoms with van der Waals surface area (Å²) in [6.45, 7) is 5.11. The number of ether oxygens (including phenoxy) is 1. The maximum absolute atomic E-state index is 6.22. The standard InChI is InChI=1S/C19H20ClN3O2/c1-3-24-15-10-8-14(9-11-15)19-23-22-18(25-19)12-21-13(2)16-6-4-5-7-17(16)20/h4-11,13,21H,3,12H2,1-2H3/t13-/m0/s1. The number of hydrogen-bond acceptors (Lipinski definition) is 5. The Hall–Kier alpha value is -2.37. The molecule has 1 N–H and O–H groups in total. The topological polar surface area (TPSA) is 60.2 Å². The van der Waals surface area contributed by atoms with E-state index in [4.69, 9.17) is 20.8 Å². The van der Waals surface area contributed by atoms with Crippen molar-refractivity contribution in [3.05, 3.63) is 65.0 Å². The maximum Gasteiger partial charge on any atom is 0.247 e. The minimum absolute atomic E-state index is 0.0783. The van der Waals surface area contributed by atoms with Gasteiger partial charge in [-0.1, -0.05) is 29.8 Å². The summed E-state index contributed by atoms with van der Waals surface area (Å²) in [6, 6.07) is 15.4. The van der Waals surface area contributed by atoms with E-state index in [-0.39, 0.29) is 6.04 Å². The van der Waals surface area contributed by atoms with Crippen LogP contribution in [0.3, 0.4) is 0 Å². The van der Waals surface area contributed by atoms with Gasteiger partial charge in [0.2, 0.25) is 11.8 Å². The molecule has 5 nitrogen and oxygen atoms in total. The van der Waals surface area contributed by atoms with Gasteiger partial charge in [0.15, 0.2) is 0 Å². The lowest BCUT2D eigenvalue weighted by Crippen LogP contribution is -2.18. The van der Waals surface area contributed by atoms with E-state index < -0.39 is 0 Å². The molecule has 1 aromatic heterocycles. The van der Waals surface area contributed by atoms with Crippen molar-refractivity contribution in [3.63, 3.8) is 0 Å². The van der Waals surface area contributed by atoms with Crippen LogP contribution in [0, 0.1) is 0 Å². The highest BCUT2D eigenvalue weighted by Crippen LogP contribution is 2.24. The molecule has 130 valence electrons. The van der Waals surface area contributed by atoms with E-state index in [0.29, 0.717) is 24.9 Å². The summed E-state index contributed by atoms with van der Waals surface area (Å²) < 4.78 is 11.2. The van der Waals surface area contributed by atoms with Gasteiger partial charge >= 0.3 is 0 Å². The Labute approximate surface area is 152 Å². The van der Waals surface area contributed by atoms with Crippen LogP contribution in [0.15, 0.2) is 52.9 Å². The van der Waals surface area contributed by atoms with E-state index >= 15 is 0 Å². The van der Waals surface area contributed by atoms with Gasteiger partial charge in [-0.05, 0) is 49.7 Å². The molecular weight excluding hydrogens is 338 g/mol. The number of hydrogen-bond donors (Lipinski definition) is 1. The van der Waals surface area contributed by atoms with E-state index in [1.807, 2.05) is 62.4 Å². The summed E-state index contributed by atoms with van der Waals surface area (Å²) in [4.78, 5) is 0. The number of aromatic nitrogens is 2. The monoisotopic (exact) mass is 357 g/mol. The molecule has 0 saturated heterocycles. The molecular formula is C19H20ClN3O2. The normalized spacial score (nSPS) is 12.1. The largest absolute Gasteiger partial charge is 0.494 e. The van der Waals surface area contributed by atoms with E-state index in [2.05, 4.69) is 15.5 Å². The van der Waals surface area contributed by atoms with Gasteiger partial charge in [0.05, 0.1) is 13.2 Å². The summed E-state index contributed by atoms with van der Waals surface area (Å²) in [5.74, 6) is 1.84. The highest BCUT2D eigenvalue weighted by molar-refractivity contribution is 6.31. The van der Waals surface area contributed by atoms with E-state index in [1.54, 1.807) is 0 Å². The molecule has 25 heavy (non-hydrogen) atoms. The van der Waals surface area contributed by atoms with Gasteiger partial charge in [-0.25, -0.2) is 0 Å². The fourth-order valence-electron chi connectivity index (χ4n) is 2.48. The summed E-state index contributed by atoms with van der Waals surface area (Å²) in [5.41, 5.74) is 1.90. The molecule has 2 aromatic carbocycles. The Bertz CT molecular complexity index is 818. The predicted molar refractivity (Wildman–Crippen MR) is 97.6 cm³/mol. The Morgan fingerprint density at radius 3 is 2.60 bits per heavy atom. The zero-order valence-corrected chi connectivity index (χ0v) is 15.0. The van der Waals surface area contributed by atoms with Crippen molar-refractivity contribution in [1.29, 1.82) is 0 Å². The first kappa shape index (κ1) is 17.5. The number of rotatable bonds is 7. The molecule has 0 spiro atoms. The second-order valence-electron chi connectivity index (χ2n) is 5.58. The summed E-state index contributed by atoms with van der Waals surface area (Å²) in [7, 11) is 0. The third-order valence-electron chi connectivity index (χ3n) is 3.81. The van der Waals surface area contributed by atoms with Crippen LogP contribution in [-0.4, -0.2) is 16.8 Å². The lowest BCUT2D eigenvalue weighted by atomic mass is 10.1. The van der Waals surface area contributed by atoms with Gasteiger partial charge in [0.1, 0.15) is 5.75 Å². The molecule has 0 aliphatic rings. The molecule has 0 radical (unpaired) electrons. The van der Waals surface area contributed by atoms with Gasteiger partial charge in [-0.15, -0.1) is 10.2 Å². The highest BCUT2D eigenvalue weighted by Gasteiger charge is 2.12. The fraction of sp³-hybridized carbons (Fsp3) is 0.263. The average Bonchev–Trinajstić information content (AvgIpc) is 3.10. The van der Waals surface area contributed by atoms with Crippen LogP contribution in [0.1, 0.15) is 31.3 Å². The Morgan fingerprint density at radius 2 is 1.88 bits per heavy atom. The molecule has 0 bridgehead atoms. The van der Waals surface area contributed by atoms with E-state index in [9.17, 15) is 0 Å². The molecule has 0 saturated carbocycles. The highest BCUT2D eigenvalue weighted by atomic mass is 35.5. The number of nitrogens with one attached hydrogen (secondary N) is 1. The van der Waals surface area contributed by atoms with Crippen LogP contribution >= 0.6 is 11.6 Å². The second kappa shape index (κ2) is 8.14. The van der Waals surface area contributed by atoms with Crippen molar-refractivity contribution >= 4 is 11.6 Å². The number of nitrogens with zero attached hydrogens (tertiary/aromatic N) is 2. The average molecular weight is 358 g/mol. The smallest absolute Gasteiger partial charge is 0.247 e. The van der Waals surface area contributed by atoms with Crippen molar-refractivity contribution in [2.75, 3.05) is 6.61 Å². The van der Waals surface area contributed by atoms with Gasteiger partial charge in [-0.3, -0.25) is 0 Å². The molecule has 0 aliphatic heterocycles. The quantitative estimate of drug-likeness (QED) is 0.667. The Kier molecular flexibility index (Phi) is 5.68. The zero-order chi connectivity index (χ0) is 17.6. The molecule has 1 atom stereocenters. The second-order valence-corrected chi connectivity index (χ2v) is 5.99. The summed E-state index contributed by atoms with van der Waals surface area (Å²) >= 11 is 6.22. The van der Waals surface area contributed by atoms with Gasteiger partial charge in [0, 0.05) is 16.6 Å². The molecule has 0 unspecified atom stereocenters. The lowest BCUT2D eigenvalue weighted by Gasteiger charge is -2.14. The van der Waals surface area contributed by atoms with Gasteiger partial charge in [0.25, 0.3) is 0 Å². The summed E-state index contributed by atoms with van der Waals surface area (Å²) in [5, 5.41) is 12.3. The van der Waals surface area contributed by atoms with Crippen molar-refractivity contribution in [2.45, 2.75) is 26.4 Å². The van der Waals surface area contributed by atoms with Crippen LogP contribution in [0.2, 0.25) is 5.02 Å². The van der Waals surface area contributed by atoms with Crippen molar-refractivity contribution < 1.29 is 9.15 Å². The van der Waals surface area contributed by atoms with Crippen LogP contribution in [0.25, 0.3) is 11.5 Å². The molecule has 0 amide bonds. The first-order chi connectivity index (χ1) is 12.2. The van der Waals surface area contributed by atoms with E-state index in [1.165, 1.54) is 0 Å². The molecule has 6 heteroatoms. The van der Waals surface area contributed by atoms with Gasteiger partial charge in [-0.2, -0.15) is 0 Å². The fourth-order valence-corrected chi connectivity index (χ4v) is 2.78. The zero-order valence-electron chi connectivity index (χ0n) is 14.2. The minimum atomic E-state index is 0.0783. The first-order valence-corrected chi connectivity index (χ1v) is 8.58. The molecule has 0 aliphatic carbocycles. The van der Waals surface area contributed by atoms with Crippen LogP contribution in [0.5, 0.6) is 5.75 Å². The Balaban J connectivity index is 1.63. The van der Waals surface area contributed by atoms with Crippen molar-refractivity contribution in [3.8, 4) is 17.2 Å². The van der Waals surface area contributed by atoms with Crippen molar-refractivity contribution in [1.82, 2.24) is 15.5 Å². The molecule has 1 heterocycles. The number of halogens is 1. The first-order valence-electron chi connectivity index (χ1n) is 8.20. The van der Waals surface area contributed by atoms with Gasteiger partial charge < -0.3 is 14.5 Å². The lowest BCUT2D eigenvalue weighted by molar-refractivity contribution is 0.340. The molecule has 3 rings (SSSR count). The number of benzene rings is 2. The minimum Gasteiger partial charge on any atom is -0.494 e. The predicted octanol–water partition coefficient (Wildman–Crippen LogP) is 4.64. The maximum atomic E-state index is 6.22. The SMILES string of the molecule is CCOc1ccc(-c2nnc(CN[C@@H](C)c3ccccc3Cl)o2)cc1. The van der Waals surface area contributed by atoms with Crippen LogP contribution in [-0.2, 0) is 6.54 Å². The molecule has 3 aromatic rings. The Morgan fingerprint density at radius 1 is 1.12 bits per heavy atom. The molecule has 0 fully saturated rings. The third-order valence-corrected chi connectivity index (χ3v) is 4.15. The van der Waals surface area contributed by atoms with E-state index in [0.717, 1.165) is 21.9 Å². The van der Waals surface area contributed by atoms with Crippen molar-refractivity contribution in [2.24, 2.45) is 0 Å². The van der Waals surface area contributed by atoms with Crippen LogP contribution in [0.4, 0.5) is 0 Å². The third kappa shape index (κ3) is 4.38. The summed E-state index contributed by atoms with van der Waals surface area (Å²) in [6.07, 6.45) is 0.